The summed E-state index contributed by atoms with van der Waals surface area (Å²) in [5, 5.41) is 20.0. The third-order valence-corrected chi connectivity index (χ3v) is 8.79. The van der Waals surface area contributed by atoms with E-state index in [9.17, 15) is 14.7 Å². The first kappa shape index (κ1) is 28.1. The fourth-order valence-electron chi connectivity index (χ4n) is 4.65. The van der Waals surface area contributed by atoms with Gasteiger partial charge in [-0.15, -0.1) is 10.2 Å². The number of nitrogens with zero attached hydrogens (tertiary/aromatic N) is 3. The van der Waals surface area contributed by atoms with Crippen molar-refractivity contribution >= 4 is 46.0 Å². The molecule has 0 bridgehead atoms. The highest BCUT2D eigenvalue weighted by molar-refractivity contribution is 8.00. The van der Waals surface area contributed by atoms with Gasteiger partial charge in [0.1, 0.15) is 11.5 Å². The first-order chi connectivity index (χ1) is 21.1. The molecule has 7 nitrogen and oxygen atoms in total. The van der Waals surface area contributed by atoms with E-state index in [0.717, 1.165) is 11.1 Å². The quantitative estimate of drug-likeness (QED) is 0.0989. The molecule has 0 aliphatic carbocycles. The number of aliphatic hydroxyl groups excluding tert-OH is 1. The maximum atomic E-state index is 13.6. The van der Waals surface area contributed by atoms with Crippen LogP contribution in [0.2, 0.25) is 0 Å². The second-order valence-corrected chi connectivity index (χ2v) is 11.7. The molecule has 4 aromatic carbocycles. The lowest BCUT2D eigenvalue weighted by molar-refractivity contribution is -0.117. The van der Waals surface area contributed by atoms with Gasteiger partial charge in [0.2, 0.25) is 5.13 Å². The molecule has 0 spiro atoms. The van der Waals surface area contributed by atoms with E-state index in [1.165, 1.54) is 34.1 Å². The number of hydrogen-bond acceptors (Lipinski definition) is 8. The predicted molar refractivity (Wildman–Crippen MR) is 169 cm³/mol. The maximum absolute atomic E-state index is 13.6. The van der Waals surface area contributed by atoms with E-state index in [2.05, 4.69) is 10.2 Å². The highest BCUT2D eigenvalue weighted by Gasteiger charge is 2.45. The zero-order chi connectivity index (χ0) is 29.6. The fraction of sp³-hybridized carbons (Fsp3) is 0.0588. The summed E-state index contributed by atoms with van der Waals surface area (Å²) in [5.74, 6) is 0.0276. The average molecular weight is 604 g/mol. The van der Waals surface area contributed by atoms with Crippen molar-refractivity contribution in [3.63, 3.8) is 0 Å². The van der Waals surface area contributed by atoms with Crippen LogP contribution in [0.25, 0.3) is 6.08 Å². The van der Waals surface area contributed by atoms with Gasteiger partial charge in [-0.25, -0.2) is 0 Å². The Balaban J connectivity index is 1.34. The molecule has 212 valence electrons. The van der Waals surface area contributed by atoms with Crippen molar-refractivity contribution in [3.8, 4) is 11.5 Å². The third kappa shape index (κ3) is 6.43. The molecule has 6 rings (SSSR count). The second kappa shape index (κ2) is 12.9. The lowest BCUT2D eigenvalue weighted by Gasteiger charge is -2.24. The number of aromatic nitrogens is 2. The van der Waals surface area contributed by atoms with E-state index < -0.39 is 23.5 Å². The highest BCUT2D eigenvalue weighted by atomic mass is 32.2. The average Bonchev–Trinajstić information content (AvgIpc) is 3.62. The predicted octanol–water partition coefficient (Wildman–Crippen LogP) is 7.81. The number of anilines is 1. The number of ether oxygens (including phenoxy) is 1. The lowest BCUT2D eigenvalue weighted by Crippen LogP contribution is -2.30. The molecule has 1 atom stereocenters. The van der Waals surface area contributed by atoms with Gasteiger partial charge in [-0.05, 0) is 47.0 Å². The largest absolute Gasteiger partial charge is 0.503 e. The Morgan fingerprint density at radius 3 is 2.30 bits per heavy atom. The van der Waals surface area contributed by atoms with Crippen molar-refractivity contribution in [3.05, 3.63) is 149 Å². The van der Waals surface area contributed by atoms with E-state index in [1.807, 2.05) is 91.0 Å². The third-order valence-electron chi connectivity index (χ3n) is 6.66. The molecule has 0 saturated heterocycles. The summed E-state index contributed by atoms with van der Waals surface area (Å²) in [4.78, 5) is 28.5. The second-order valence-electron chi connectivity index (χ2n) is 9.56. The normalized spacial score (nSPS) is 14.9. The van der Waals surface area contributed by atoms with Crippen LogP contribution in [0.1, 0.15) is 22.7 Å². The number of hydrogen-bond donors (Lipinski definition) is 1. The number of amides is 1. The Labute approximate surface area is 256 Å². The molecule has 43 heavy (non-hydrogen) atoms. The number of carbonyl (C=O) groups is 2. The van der Waals surface area contributed by atoms with Crippen LogP contribution in [0.5, 0.6) is 11.5 Å². The monoisotopic (exact) mass is 603 g/mol. The summed E-state index contributed by atoms with van der Waals surface area (Å²) in [6, 6.07) is 34.8. The van der Waals surface area contributed by atoms with Crippen molar-refractivity contribution < 1.29 is 19.4 Å². The first-order valence-electron chi connectivity index (χ1n) is 13.4. The van der Waals surface area contributed by atoms with Crippen LogP contribution in [0.3, 0.4) is 0 Å². The molecule has 0 saturated carbocycles. The lowest BCUT2D eigenvalue weighted by atomic mass is 9.95. The minimum Gasteiger partial charge on any atom is -0.503 e. The Morgan fingerprint density at radius 2 is 1.56 bits per heavy atom. The van der Waals surface area contributed by atoms with Crippen molar-refractivity contribution in [1.29, 1.82) is 0 Å². The number of para-hydroxylation sites is 1. The molecule has 5 aromatic rings. The van der Waals surface area contributed by atoms with Crippen molar-refractivity contribution in [2.24, 2.45) is 0 Å². The van der Waals surface area contributed by atoms with Crippen molar-refractivity contribution in [2.45, 2.75) is 16.1 Å². The van der Waals surface area contributed by atoms with Gasteiger partial charge in [-0.1, -0.05) is 120 Å². The number of ketones is 1. The van der Waals surface area contributed by atoms with E-state index in [1.54, 1.807) is 30.3 Å². The summed E-state index contributed by atoms with van der Waals surface area (Å²) < 4.78 is 6.70. The zero-order valence-corrected chi connectivity index (χ0v) is 24.4. The van der Waals surface area contributed by atoms with Crippen LogP contribution in [-0.2, 0) is 15.3 Å². The molecule has 2 heterocycles. The molecule has 1 aliphatic rings. The van der Waals surface area contributed by atoms with E-state index >= 15 is 0 Å². The molecular formula is C34H25N3O4S2. The molecule has 1 amide bonds. The summed E-state index contributed by atoms with van der Waals surface area (Å²) >= 11 is 2.73. The van der Waals surface area contributed by atoms with Gasteiger partial charge in [0.15, 0.2) is 15.9 Å². The van der Waals surface area contributed by atoms with Crippen LogP contribution in [-0.4, -0.2) is 27.0 Å². The Hall–Kier alpha value is -4.99. The minimum atomic E-state index is -0.945. The molecular weight excluding hydrogens is 579 g/mol. The zero-order valence-electron chi connectivity index (χ0n) is 22.7. The first-order valence-corrected chi connectivity index (χ1v) is 15.2. The molecule has 0 radical (unpaired) electrons. The van der Waals surface area contributed by atoms with Crippen LogP contribution >= 0.6 is 23.1 Å². The maximum Gasteiger partial charge on any atom is 0.296 e. The number of carbonyl (C=O) groups excluding carboxylic acids is 2. The topological polar surface area (TPSA) is 92.6 Å². The number of benzene rings is 4. The minimum absolute atomic E-state index is 0.0391. The highest BCUT2D eigenvalue weighted by Crippen LogP contribution is 2.44. The molecule has 9 heteroatoms. The summed E-state index contributed by atoms with van der Waals surface area (Å²) in [5.41, 5.74) is 2.49. The SMILES string of the molecule is O=C(C=Cc1ccccc1)C1=C(O)C(=O)N(c2nnc(SCc3ccccc3)s2)C1c1cccc(Oc2ccccc2)c1. The summed E-state index contributed by atoms with van der Waals surface area (Å²) in [7, 11) is 0. The van der Waals surface area contributed by atoms with Gasteiger partial charge in [-0.3, -0.25) is 14.5 Å². The van der Waals surface area contributed by atoms with Gasteiger partial charge >= 0.3 is 0 Å². The van der Waals surface area contributed by atoms with Crippen molar-refractivity contribution in [1.82, 2.24) is 10.2 Å². The standard InChI is InChI=1S/C34H25N3O4S2/c38-28(20-19-23-11-4-1-5-12-23)29-30(25-15-10-18-27(21-25)41-26-16-8-3-9-17-26)37(32(40)31(29)39)33-35-36-34(43-33)42-22-24-13-6-2-7-14-24/h1-21,30,39H,22H2. The van der Waals surface area contributed by atoms with Crippen LogP contribution < -0.4 is 9.64 Å². The van der Waals surface area contributed by atoms with Gasteiger partial charge in [0.05, 0.1) is 11.6 Å². The van der Waals surface area contributed by atoms with Gasteiger partial charge in [-0.2, -0.15) is 0 Å². The fourth-order valence-corrected chi connectivity index (χ4v) is 6.47. The van der Waals surface area contributed by atoms with Crippen LogP contribution in [0.4, 0.5) is 5.13 Å². The smallest absolute Gasteiger partial charge is 0.296 e. The van der Waals surface area contributed by atoms with E-state index in [-0.39, 0.29) is 10.7 Å². The van der Waals surface area contributed by atoms with E-state index in [0.29, 0.717) is 27.2 Å². The Morgan fingerprint density at radius 1 is 0.884 bits per heavy atom. The van der Waals surface area contributed by atoms with E-state index in [4.69, 9.17) is 4.74 Å². The number of thioether (sulfide) groups is 1. The molecule has 0 fully saturated rings. The Kier molecular flexibility index (Phi) is 8.44. The van der Waals surface area contributed by atoms with Crippen LogP contribution in [0.15, 0.2) is 137 Å². The Bertz CT molecular complexity index is 1810. The van der Waals surface area contributed by atoms with Gasteiger partial charge < -0.3 is 9.84 Å². The summed E-state index contributed by atoms with van der Waals surface area (Å²) in [6.45, 7) is 0. The number of rotatable bonds is 10. The molecule has 1 aliphatic heterocycles. The number of allylic oxidation sites excluding steroid dienone is 1. The molecule has 1 aromatic heterocycles. The molecule has 1 N–H and O–H groups in total. The summed E-state index contributed by atoms with van der Waals surface area (Å²) in [6.07, 6.45) is 3.03. The van der Waals surface area contributed by atoms with Gasteiger partial charge in [0.25, 0.3) is 5.91 Å². The van der Waals surface area contributed by atoms with Crippen LogP contribution in [0, 0.1) is 0 Å². The van der Waals surface area contributed by atoms with Gasteiger partial charge in [0, 0.05) is 5.75 Å². The van der Waals surface area contributed by atoms with Crippen molar-refractivity contribution in [2.75, 3.05) is 4.90 Å². The molecule has 1 unspecified atom stereocenters. The number of aliphatic hydroxyl groups is 1.